The first kappa shape index (κ1) is 36.4. The van der Waals surface area contributed by atoms with Crippen LogP contribution in [-0.4, -0.2) is 59.9 Å². The van der Waals surface area contributed by atoms with Gasteiger partial charge >= 0.3 is 12.1 Å². The van der Waals surface area contributed by atoms with Crippen molar-refractivity contribution in [3.8, 4) is 16.9 Å². The Morgan fingerprint density at radius 2 is 1.69 bits per heavy atom. The van der Waals surface area contributed by atoms with Crippen LogP contribution >= 0.6 is 0 Å². The van der Waals surface area contributed by atoms with Crippen molar-refractivity contribution in [1.82, 2.24) is 19.5 Å². The lowest BCUT2D eigenvalue weighted by Gasteiger charge is -2.27. The van der Waals surface area contributed by atoms with E-state index in [4.69, 9.17) is 9.57 Å². The van der Waals surface area contributed by atoms with Crippen LogP contribution in [0, 0.1) is 18.0 Å². The minimum Gasteiger partial charge on any atom is -0.569 e. The summed E-state index contributed by atoms with van der Waals surface area (Å²) in [7, 11) is -3.33. The Bertz CT molecular complexity index is 1900. The molecule has 0 fully saturated rings. The molecule has 0 unspecified atom stereocenters. The van der Waals surface area contributed by atoms with Gasteiger partial charge in [0.15, 0.2) is 11.7 Å². The topological polar surface area (TPSA) is 158 Å². The molecule has 0 spiro atoms. The summed E-state index contributed by atoms with van der Waals surface area (Å²) < 4.78 is 75.1. The summed E-state index contributed by atoms with van der Waals surface area (Å²) in [6.45, 7) is 4.46. The number of amides is 1. The largest absolute Gasteiger partial charge is 0.569 e. The number of hydrogen-bond donors (Lipinski definition) is 1. The average molecular weight is 703 g/mol. The number of rotatable bonds is 13. The Kier molecular flexibility index (Phi) is 11.3. The first-order chi connectivity index (χ1) is 23.1. The van der Waals surface area contributed by atoms with Crippen molar-refractivity contribution in [2.24, 2.45) is 11.2 Å². The zero-order valence-corrected chi connectivity index (χ0v) is 27.6. The number of carbonyl (C=O) groups is 2. The van der Waals surface area contributed by atoms with Crippen LogP contribution in [0.5, 0.6) is 0 Å². The number of halogens is 3. The van der Waals surface area contributed by atoms with Gasteiger partial charge in [-0.2, -0.15) is 18.3 Å². The molecule has 0 aliphatic rings. The van der Waals surface area contributed by atoms with Crippen molar-refractivity contribution in [2.75, 3.05) is 13.8 Å². The van der Waals surface area contributed by atoms with E-state index in [1.54, 1.807) is 56.3 Å². The molecule has 49 heavy (non-hydrogen) atoms. The van der Waals surface area contributed by atoms with Crippen LogP contribution in [0.25, 0.3) is 16.9 Å². The van der Waals surface area contributed by atoms with Crippen molar-refractivity contribution >= 4 is 21.9 Å². The van der Waals surface area contributed by atoms with Crippen LogP contribution in [0.3, 0.4) is 0 Å². The molecule has 13 nitrogen and oxygen atoms in total. The van der Waals surface area contributed by atoms with E-state index in [9.17, 15) is 36.4 Å². The van der Waals surface area contributed by atoms with Crippen molar-refractivity contribution in [3.05, 3.63) is 107 Å². The molecule has 4 rings (SSSR count). The van der Waals surface area contributed by atoms with E-state index in [0.717, 1.165) is 33.5 Å². The summed E-state index contributed by atoms with van der Waals surface area (Å²) in [6.07, 6.45) is -4.38. The minimum atomic E-state index is -4.73. The summed E-state index contributed by atoms with van der Waals surface area (Å²) >= 11 is 0. The third-order valence-electron chi connectivity index (χ3n) is 7.48. The Hall–Kier alpha value is -5.45. The molecule has 2 atom stereocenters. The third kappa shape index (κ3) is 8.92. The Morgan fingerprint density at radius 3 is 2.29 bits per heavy atom. The molecule has 17 heteroatoms. The first-order valence-electron chi connectivity index (χ1n) is 14.8. The number of ether oxygens (including phenoxy) is 1. The summed E-state index contributed by atoms with van der Waals surface area (Å²) in [4.78, 5) is 29.6. The van der Waals surface area contributed by atoms with E-state index in [-0.39, 0.29) is 26.8 Å². The Labute approximate surface area is 280 Å². The fourth-order valence-corrected chi connectivity index (χ4v) is 5.66. The molecule has 3 aromatic carbocycles. The van der Waals surface area contributed by atoms with Gasteiger partial charge in [-0.15, -0.1) is 5.01 Å². The van der Waals surface area contributed by atoms with Gasteiger partial charge in [0.05, 0.1) is 33.9 Å². The second kappa shape index (κ2) is 15.2. The lowest BCUT2D eigenvalue weighted by atomic mass is 9.98. The van der Waals surface area contributed by atoms with Crippen molar-refractivity contribution < 1.29 is 45.7 Å². The summed E-state index contributed by atoms with van der Waals surface area (Å²) in [5.74, 6) is -2.34. The smallest absolute Gasteiger partial charge is 0.435 e. The van der Waals surface area contributed by atoms with Gasteiger partial charge in [-0.25, -0.2) is 22.6 Å². The highest BCUT2D eigenvalue weighted by molar-refractivity contribution is 7.90. The number of nitrogens with one attached hydrogen (secondary N) is 1. The lowest BCUT2D eigenvalue weighted by molar-refractivity contribution is -0.712. The van der Waals surface area contributed by atoms with E-state index in [1.807, 2.05) is 11.6 Å². The van der Waals surface area contributed by atoms with Gasteiger partial charge in [-0.3, -0.25) is 4.79 Å². The SMILES string of the molecule is CC[C@@H](C)[C@@H](C(=O)NS(=O)(=O)c1ccc(-n2nc(C(F)(F)F)cc2-c2ccc(C)cc2)cc1)N(C)[N+]([O-])=NOCOC(=O)c1ccccc1. The zero-order valence-electron chi connectivity index (χ0n) is 26.8. The highest BCUT2D eigenvalue weighted by Gasteiger charge is 2.37. The number of alkyl halides is 3. The second-order valence-electron chi connectivity index (χ2n) is 10.9. The summed E-state index contributed by atoms with van der Waals surface area (Å²) in [5.41, 5.74) is 0.723. The van der Waals surface area contributed by atoms with Crippen LogP contribution in [0.2, 0.25) is 0 Å². The molecule has 0 radical (unpaired) electrons. The standard InChI is InChI=1S/C32H33F3N6O7S/c1-5-22(3)29(39(4)41(44)38-48-20-47-31(43)24-9-7-6-8-10-24)30(42)37-49(45,46)26-17-15-25(16-18-26)40-27(19-28(36-40)32(33,34)35)23-13-11-21(2)12-14-23/h6-19,22,29H,5,20H2,1-4H3,(H,37,42)/t22-,29+/m1/s1. The number of carbonyl (C=O) groups excluding carboxylic acids is 2. The lowest BCUT2D eigenvalue weighted by Crippen LogP contribution is -2.52. The molecule has 1 heterocycles. The normalized spacial score (nSPS) is 13.3. The maximum absolute atomic E-state index is 13.6. The third-order valence-corrected chi connectivity index (χ3v) is 8.84. The quantitative estimate of drug-likeness (QED) is 0.0465. The van der Waals surface area contributed by atoms with E-state index in [1.165, 1.54) is 31.3 Å². The van der Waals surface area contributed by atoms with Gasteiger partial charge < -0.3 is 14.8 Å². The predicted octanol–water partition coefficient (Wildman–Crippen LogP) is 5.64. The van der Waals surface area contributed by atoms with Crippen LogP contribution in [0.1, 0.15) is 41.9 Å². The van der Waals surface area contributed by atoms with Gasteiger partial charge in [-0.1, -0.05) is 68.3 Å². The van der Waals surface area contributed by atoms with E-state index in [2.05, 4.69) is 10.4 Å². The highest BCUT2D eigenvalue weighted by atomic mass is 32.2. The van der Waals surface area contributed by atoms with Crippen LogP contribution in [0.4, 0.5) is 13.2 Å². The molecule has 0 saturated heterocycles. The molecule has 0 bridgehead atoms. The number of nitrogens with zero attached hydrogens (tertiary/aromatic N) is 5. The number of sulfonamides is 1. The van der Waals surface area contributed by atoms with Crippen molar-refractivity contribution in [3.63, 3.8) is 0 Å². The first-order valence-corrected chi connectivity index (χ1v) is 16.3. The molecule has 0 aliphatic carbocycles. The minimum absolute atomic E-state index is 0.0842. The average Bonchev–Trinajstić information content (AvgIpc) is 3.53. The van der Waals surface area contributed by atoms with Crippen LogP contribution < -0.4 is 4.72 Å². The number of aryl methyl sites for hydroxylation is 1. The van der Waals surface area contributed by atoms with E-state index < -0.39 is 52.5 Å². The van der Waals surface area contributed by atoms with Gasteiger partial charge in [0.2, 0.25) is 5.28 Å². The molecule has 0 aliphatic heterocycles. The number of hydrogen-bond acceptors (Lipinski definition) is 9. The molecule has 4 aromatic rings. The van der Waals surface area contributed by atoms with Gasteiger partial charge in [0, 0.05) is 5.56 Å². The summed E-state index contributed by atoms with van der Waals surface area (Å²) in [6, 6.07) is 19.0. The van der Waals surface area contributed by atoms with E-state index >= 15 is 0 Å². The van der Waals surface area contributed by atoms with Gasteiger partial charge in [0.25, 0.3) is 22.7 Å². The number of aromatic nitrogens is 2. The Morgan fingerprint density at radius 1 is 1.06 bits per heavy atom. The monoisotopic (exact) mass is 702 g/mol. The fraction of sp³-hybridized carbons (Fsp3) is 0.281. The van der Waals surface area contributed by atoms with E-state index in [0.29, 0.717) is 12.0 Å². The summed E-state index contributed by atoms with van der Waals surface area (Å²) in [5, 5.41) is 20.4. The molecule has 260 valence electrons. The van der Waals surface area contributed by atoms with Crippen LogP contribution in [0.15, 0.2) is 95.1 Å². The van der Waals surface area contributed by atoms with Crippen molar-refractivity contribution in [2.45, 2.75) is 44.3 Å². The molecule has 1 aromatic heterocycles. The molecule has 1 amide bonds. The number of likely N-dealkylation sites (N-methyl/N-ethyl adjacent to an activating group) is 1. The number of hydrazine groups is 1. The predicted molar refractivity (Wildman–Crippen MR) is 169 cm³/mol. The highest BCUT2D eigenvalue weighted by Crippen LogP contribution is 2.33. The van der Waals surface area contributed by atoms with Crippen LogP contribution in [-0.2, 0) is 30.6 Å². The maximum atomic E-state index is 13.6. The molecule has 1 N–H and O–H groups in total. The second-order valence-corrected chi connectivity index (χ2v) is 12.6. The maximum Gasteiger partial charge on any atom is 0.435 e. The van der Waals surface area contributed by atoms with Gasteiger partial charge in [-0.05, 0) is 55.3 Å². The number of benzene rings is 3. The molecular formula is C32H33F3N6O7S. The Balaban J connectivity index is 1.49. The fourth-order valence-electron chi connectivity index (χ4n) is 4.66. The molecular weight excluding hydrogens is 669 g/mol. The van der Waals surface area contributed by atoms with Gasteiger partial charge in [0.1, 0.15) is 0 Å². The van der Waals surface area contributed by atoms with Crippen molar-refractivity contribution in [1.29, 1.82) is 0 Å². The molecule has 0 saturated carbocycles. The zero-order chi connectivity index (χ0) is 35.9. The number of esters is 1.